The molecule has 2 heterocycles. The number of nitrogens with zero attached hydrogens (tertiary/aromatic N) is 1. The van der Waals surface area contributed by atoms with Gasteiger partial charge in [-0.3, -0.25) is 4.79 Å². The van der Waals surface area contributed by atoms with Crippen LogP contribution in [-0.4, -0.2) is 37.0 Å². The number of hydrogen-bond donors (Lipinski definition) is 2. The van der Waals surface area contributed by atoms with Crippen LogP contribution < -0.4 is 5.43 Å². The lowest BCUT2D eigenvalue weighted by atomic mass is 10.1. The standard InChI is InChI=1S/C15H17N3O3S/c19-15(7-11-5-6-22(20,21)10-11)18-17-9-12-8-16-14-4-2-1-3-13(12)14/h1-4,8-9,11,16H,5-7,10H2,(H,18,19)/b17-9+/t11-/m0/s1. The average Bonchev–Trinajstić information content (AvgIpc) is 3.03. The largest absolute Gasteiger partial charge is 0.361 e. The predicted molar refractivity (Wildman–Crippen MR) is 85.4 cm³/mol. The number of fused-ring (bicyclic) bond motifs is 1. The fourth-order valence-electron chi connectivity index (χ4n) is 2.72. The molecular weight excluding hydrogens is 302 g/mol. The van der Waals surface area contributed by atoms with Gasteiger partial charge in [-0.15, -0.1) is 0 Å². The molecule has 1 amide bonds. The van der Waals surface area contributed by atoms with Crippen LogP contribution >= 0.6 is 0 Å². The van der Waals surface area contributed by atoms with E-state index >= 15 is 0 Å². The van der Waals surface area contributed by atoms with Crippen molar-refractivity contribution in [2.75, 3.05) is 11.5 Å². The van der Waals surface area contributed by atoms with Gasteiger partial charge < -0.3 is 4.98 Å². The first-order chi connectivity index (χ1) is 10.5. The van der Waals surface area contributed by atoms with E-state index in [-0.39, 0.29) is 29.8 Å². The summed E-state index contributed by atoms with van der Waals surface area (Å²) in [5.74, 6) is -0.0534. The fourth-order valence-corrected chi connectivity index (χ4v) is 4.58. The Morgan fingerprint density at radius 3 is 3.00 bits per heavy atom. The first kappa shape index (κ1) is 14.8. The first-order valence-corrected chi connectivity index (χ1v) is 8.94. The molecular formula is C15H17N3O3S. The molecule has 7 heteroatoms. The number of aromatic amines is 1. The Hall–Kier alpha value is -2.15. The average molecular weight is 319 g/mol. The van der Waals surface area contributed by atoms with Crippen LogP contribution in [0.3, 0.4) is 0 Å². The van der Waals surface area contributed by atoms with Crippen molar-refractivity contribution < 1.29 is 13.2 Å². The molecule has 116 valence electrons. The van der Waals surface area contributed by atoms with E-state index in [1.54, 1.807) is 6.21 Å². The van der Waals surface area contributed by atoms with Crippen LogP contribution in [0.4, 0.5) is 0 Å². The SMILES string of the molecule is O=C(C[C@@H]1CCS(=O)(=O)C1)N/N=C/c1c[nH]c2ccccc12. The summed E-state index contributed by atoms with van der Waals surface area (Å²) in [6.07, 6.45) is 4.17. The Morgan fingerprint density at radius 1 is 1.41 bits per heavy atom. The molecule has 2 aromatic rings. The van der Waals surface area contributed by atoms with Crippen LogP contribution in [0, 0.1) is 5.92 Å². The van der Waals surface area contributed by atoms with Crippen LogP contribution in [0.1, 0.15) is 18.4 Å². The van der Waals surface area contributed by atoms with Gasteiger partial charge in [0.15, 0.2) is 9.84 Å². The second kappa shape index (κ2) is 5.92. The third kappa shape index (κ3) is 3.36. The van der Waals surface area contributed by atoms with Crippen molar-refractivity contribution in [1.82, 2.24) is 10.4 Å². The molecule has 0 saturated carbocycles. The summed E-state index contributed by atoms with van der Waals surface area (Å²) in [4.78, 5) is 14.9. The number of nitrogens with one attached hydrogen (secondary N) is 2. The number of rotatable bonds is 4. The Balaban J connectivity index is 1.57. The Bertz CT molecular complexity index is 823. The number of carbonyl (C=O) groups excluding carboxylic acids is 1. The fraction of sp³-hybridized carbons (Fsp3) is 0.333. The van der Waals surface area contributed by atoms with Gasteiger partial charge in [0.1, 0.15) is 0 Å². The third-order valence-electron chi connectivity index (χ3n) is 3.81. The Kier molecular flexibility index (Phi) is 3.98. The molecule has 1 aromatic heterocycles. The molecule has 1 saturated heterocycles. The molecule has 2 N–H and O–H groups in total. The highest BCUT2D eigenvalue weighted by Gasteiger charge is 2.29. The van der Waals surface area contributed by atoms with Crippen molar-refractivity contribution in [1.29, 1.82) is 0 Å². The van der Waals surface area contributed by atoms with E-state index in [9.17, 15) is 13.2 Å². The lowest BCUT2D eigenvalue weighted by molar-refractivity contribution is -0.121. The highest BCUT2D eigenvalue weighted by molar-refractivity contribution is 7.91. The van der Waals surface area contributed by atoms with Crippen molar-refractivity contribution >= 4 is 32.9 Å². The van der Waals surface area contributed by atoms with Crippen LogP contribution in [0.15, 0.2) is 35.6 Å². The molecule has 1 atom stereocenters. The minimum atomic E-state index is -2.94. The molecule has 0 spiro atoms. The maximum absolute atomic E-state index is 11.8. The number of H-pyrrole nitrogens is 1. The number of carbonyl (C=O) groups is 1. The number of para-hydroxylation sites is 1. The summed E-state index contributed by atoms with van der Waals surface area (Å²) >= 11 is 0. The number of amides is 1. The Morgan fingerprint density at radius 2 is 2.23 bits per heavy atom. The quantitative estimate of drug-likeness (QED) is 0.660. The topological polar surface area (TPSA) is 91.4 Å². The van der Waals surface area contributed by atoms with Crippen LogP contribution in [0.5, 0.6) is 0 Å². The van der Waals surface area contributed by atoms with Gasteiger partial charge in [-0.2, -0.15) is 5.10 Å². The molecule has 22 heavy (non-hydrogen) atoms. The highest BCUT2D eigenvalue weighted by atomic mass is 32.2. The lowest BCUT2D eigenvalue weighted by Gasteiger charge is -2.04. The summed E-state index contributed by atoms with van der Waals surface area (Å²) in [5, 5.41) is 4.98. The summed E-state index contributed by atoms with van der Waals surface area (Å²) in [7, 11) is -2.94. The van der Waals surface area contributed by atoms with Gasteiger partial charge in [0, 0.05) is 29.1 Å². The van der Waals surface area contributed by atoms with Gasteiger partial charge in [0.25, 0.3) is 0 Å². The number of sulfone groups is 1. The van der Waals surface area contributed by atoms with E-state index in [1.807, 2.05) is 30.5 Å². The van der Waals surface area contributed by atoms with Crippen molar-refractivity contribution in [3.63, 3.8) is 0 Å². The van der Waals surface area contributed by atoms with Gasteiger partial charge in [-0.1, -0.05) is 18.2 Å². The maximum atomic E-state index is 11.8. The van der Waals surface area contributed by atoms with Crippen molar-refractivity contribution in [3.05, 3.63) is 36.0 Å². The zero-order chi connectivity index (χ0) is 15.6. The highest BCUT2D eigenvalue weighted by Crippen LogP contribution is 2.21. The predicted octanol–water partition coefficient (Wildman–Crippen LogP) is 1.44. The van der Waals surface area contributed by atoms with Crippen LogP contribution in [0.2, 0.25) is 0 Å². The molecule has 1 fully saturated rings. The minimum absolute atomic E-state index is 0.0895. The normalized spacial score (nSPS) is 20.6. The zero-order valence-corrected chi connectivity index (χ0v) is 12.8. The van der Waals surface area contributed by atoms with E-state index in [1.165, 1.54) is 0 Å². The molecule has 6 nitrogen and oxygen atoms in total. The van der Waals surface area contributed by atoms with Crippen LogP contribution in [0.25, 0.3) is 10.9 Å². The molecule has 0 radical (unpaired) electrons. The van der Waals surface area contributed by atoms with Gasteiger partial charge in [0.2, 0.25) is 5.91 Å². The van der Waals surface area contributed by atoms with Crippen molar-refractivity contribution in [2.45, 2.75) is 12.8 Å². The first-order valence-electron chi connectivity index (χ1n) is 7.12. The maximum Gasteiger partial charge on any atom is 0.240 e. The number of hydrazone groups is 1. The minimum Gasteiger partial charge on any atom is -0.361 e. The summed E-state index contributed by atoms with van der Waals surface area (Å²) in [5.41, 5.74) is 4.36. The van der Waals surface area contributed by atoms with E-state index in [2.05, 4.69) is 15.5 Å². The van der Waals surface area contributed by atoms with E-state index in [0.717, 1.165) is 16.5 Å². The van der Waals surface area contributed by atoms with Gasteiger partial charge in [-0.25, -0.2) is 13.8 Å². The summed E-state index contributed by atoms with van der Waals surface area (Å²) in [6.45, 7) is 0. The van der Waals surface area contributed by atoms with Crippen molar-refractivity contribution in [2.24, 2.45) is 11.0 Å². The van der Waals surface area contributed by atoms with Gasteiger partial charge >= 0.3 is 0 Å². The number of benzene rings is 1. The van der Waals surface area contributed by atoms with Gasteiger partial charge in [-0.05, 0) is 18.4 Å². The van der Waals surface area contributed by atoms with Gasteiger partial charge in [0.05, 0.1) is 17.7 Å². The van der Waals surface area contributed by atoms with E-state index in [4.69, 9.17) is 0 Å². The molecule has 0 aliphatic carbocycles. The molecule has 0 unspecified atom stereocenters. The smallest absolute Gasteiger partial charge is 0.240 e. The molecule has 3 rings (SSSR count). The van der Waals surface area contributed by atoms with Crippen LogP contribution in [-0.2, 0) is 14.6 Å². The lowest BCUT2D eigenvalue weighted by Crippen LogP contribution is -2.21. The summed E-state index contributed by atoms with van der Waals surface area (Å²) < 4.78 is 22.7. The molecule has 1 aromatic carbocycles. The zero-order valence-electron chi connectivity index (χ0n) is 12.0. The summed E-state index contributed by atoms with van der Waals surface area (Å²) in [6, 6.07) is 7.81. The van der Waals surface area contributed by atoms with Crippen molar-refractivity contribution in [3.8, 4) is 0 Å². The molecule has 1 aliphatic rings. The number of aromatic nitrogens is 1. The second-order valence-corrected chi connectivity index (χ2v) is 7.78. The molecule has 0 bridgehead atoms. The Labute approximate surface area is 128 Å². The second-order valence-electron chi connectivity index (χ2n) is 5.56. The molecule has 1 aliphatic heterocycles. The monoisotopic (exact) mass is 319 g/mol. The van der Waals surface area contributed by atoms with E-state index < -0.39 is 9.84 Å². The third-order valence-corrected chi connectivity index (χ3v) is 5.65. The van der Waals surface area contributed by atoms with E-state index in [0.29, 0.717) is 6.42 Å². The number of hydrogen-bond acceptors (Lipinski definition) is 4.